The normalized spacial score (nSPS) is 18.7. The van der Waals surface area contributed by atoms with Crippen molar-refractivity contribution in [2.75, 3.05) is 38.7 Å². The van der Waals surface area contributed by atoms with Crippen LogP contribution < -0.4 is 4.90 Å². The Bertz CT molecular complexity index is 711. The molecule has 6 heteroatoms. The van der Waals surface area contributed by atoms with Gasteiger partial charge < -0.3 is 14.5 Å². The maximum absolute atomic E-state index is 12.1. The van der Waals surface area contributed by atoms with Gasteiger partial charge in [0.15, 0.2) is 11.2 Å². The number of carbonyl (C=O) groups is 1. The number of nitrogens with zero attached hydrogens (tertiary/aromatic N) is 3. The molecule has 0 aliphatic carbocycles. The Kier molecular flexibility index (Phi) is 4.55. The lowest BCUT2D eigenvalue weighted by molar-refractivity contribution is -0.141. The second kappa shape index (κ2) is 6.45. The van der Waals surface area contributed by atoms with Gasteiger partial charge in [-0.1, -0.05) is 37.3 Å². The lowest BCUT2D eigenvalue weighted by Gasteiger charge is -2.33. The number of ether oxygens (including phenoxy) is 1. The quantitative estimate of drug-likeness (QED) is 0.866. The van der Waals surface area contributed by atoms with Crippen LogP contribution >= 0.6 is 11.3 Å². The molecule has 0 radical (unpaired) electrons. The molecule has 1 saturated heterocycles. The number of para-hydroxylation sites is 1. The first kappa shape index (κ1) is 16.2. The molecule has 1 aromatic heterocycles. The van der Waals surface area contributed by atoms with Crippen LogP contribution in [0.2, 0.25) is 0 Å². The molecular formula is C17H23N3O2S. The molecule has 1 unspecified atom stereocenters. The molecule has 1 amide bonds. The number of carbonyl (C=O) groups excluding carboxylic acids is 1. The number of hydrogen-bond donors (Lipinski definition) is 0. The zero-order valence-electron chi connectivity index (χ0n) is 14.1. The number of likely N-dealkylation sites (N-methyl/N-ethyl adjacent to an activating group) is 1. The Morgan fingerprint density at radius 3 is 2.91 bits per heavy atom. The predicted molar refractivity (Wildman–Crippen MR) is 94.4 cm³/mol. The van der Waals surface area contributed by atoms with E-state index in [1.807, 2.05) is 0 Å². The molecule has 0 spiro atoms. The molecule has 2 heterocycles. The fourth-order valence-electron chi connectivity index (χ4n) is 2.82. The number of morpholine rings is 1. The van der Waals surface area contributed by atoms with E-state index in [0.29, 0.717) is 19.1 Å². The number of fused-ring (bicyclic) bond motifs is 1. The predicted octanol–water partition coefficient (Wildman–Crippen LogP) is 2.71. The molecule has 0 N–H and O–H groups in total. The molecule has 1 aliphatic rings. The van der Waals surface area contributed by atoms with Crippen LogP contribution in [0.25, 0.3) is 10.2 Å². The van der Waals surface area contributed by atoms with E-state index in [2.05, 4.69) is 36.9 Å². The van der Waals surface area contributed by atoms with E-state index in [0.717, 1.165) is 17.2 Å². The first-order valence-electron chi connectivity index (χ1n) is 7.94. The summed E-state index contributed by atoms with van der Waals surface area (Å²) in [7, 11) is 3.52. The Labute approximate surface area is 140 Å². The fraction of sp³-hybridized carbons (Fsp3) is 0.529. The van der Waals surface area contributed by atoms with E-state index in [1.54, 1.807) is 30.3 Å². The van der Waals surface area contributed by atoms with Crippen molar-refractivity contribution in [2.24, 2.45) is 0 Å². The highest BCUT2D eigenvalue weighted by atomic mass is 32.1. The summed E-state index contributed by atoms with van der Waals surface area (Å²) < 4.78 is 6.83. The highest BCUT2D eigenvalue weighted by Crippen LogP contribution is 2.34. The number of amides is 1. The summed E-state index contributed by atoms with van der Waals surface area (Å²) >= 11 is 1.69. The molecule has 1 fully saturated rings. The minimum absolute atomic E-state index is 0.0127. The van der Waals surface area contributed by atoms with Crippen LogP contribution in [0.5, 0.6) is 0 Å². The second-order valence-corrected chi connectivity index (χ2v) is 7.39. The molecule has 5 nitrogen and oxygen atoms in total. The molecule has 23 heavy (non-hydrogen) atoms. The van der Waals surface area contributed by atoms with Gasteiger partial charge >= 0.3 is 0 Å². The number of rotatable bonds is 3. The third-order valence-electron chi connectivity index (χ3n) is 4.11. The fourth-order valence-corrected chi connectivity index (χ4v) is 3.86. The monoisotopic (exact) mass is 333 g/mol. The third kappa shape index (κ3) is 3.19. The van der Waals surface area contributed by atoms with E-state index < -0.39 is 6.10 Å². The summed E-state index contributed by atoms with van der Waals surface area (Å²) in [5, 5.41) is 0.980. The molecule has 1 atom stereocenters. The van der Waals surface area contributed by atoms with Gasteiger partial charge in [0, 0.05) is 20.6 Å². The highest BCUT2D eigenvalue weighted by molar-refractivity contribution is 7.22. The first-order valence-corrected chi connectivity index (χ1v) is 8.76. The maximum atomic E-state index is 12.1. The summed E-state index contributed by atoms with van der Waals surface area (Å²) in [4.78, 5) is 20.8. The standard InChI is InChI=1S/C17H23N3O2S/c1-11(2)12-6-5-7-14-15(12)18-17(23-14)20-8-9-22-13(10-20)16(21)19(3)4/h5-7,11,13H,8-10H2,1-4H3. The van der Waals surface area contributed by atoms with Gasteiger partial charge in [0.1, 0.15) is 0 Å². The Balaban J connectivity index is 1.88. The van der Waals surface area contributed by atoms with Crippen LogP contribution in [0.1, 0.15) is 25.3 Å². The van der Waals surface area contributed by atoms with Crippen LogP contribution in [-0.4, -0.2) is 55.7 Å². The molecule has 124 valence electrons. The van der Waals surface area contributed by atoms with Crippen molar-refractivity contribution in [3.8, 4) is 0 Å². The van der Waals surface area contributed by atoms with E-state index >= 15 is 0 Å². The molecule has 3 rings (SSSR count). The van der Waals surface area contributed by atoms with Crippen molar-refractivity contribution in [1.29, 1.82) is 0 Å². The van der Waals surface area contributed by atoms with Crippen molar-refractivity contribution in [2.45, 2.75) is 25.9 Å². The van der Waals surface area contributed by atoms with E-state index in [-0.39, 0.29) is 5.91 Å². The Morgan fingerprint density at radius 2 is 2.22 bits per heavy atom. The van der Waals surface area contributed by atoms with Crippen molar-refractivity contribution >= 4 is 32.6 Å². The highest BCUT2D eigenvalue weighted by Gasteiger charge is 2.29. The maximum Gasteiger partial charge on any atom is 0.253 e. The van der Waals surface area contributed by atoms with Gasteiger partial charge in [-0.15, -0.1) is 0 Å². The van der Waals surface area contributed by atoms with Crippen LogP contribution in [0.15, 0.2) is 18.2 Å². The lowest BCUT2D eigenvalue weighted by Crippen LogP contribution is -2.49. The summed E-state index contributed by atoms with van der Waals surface area (Å²) in [5.74, 6) is 0.458. The lowest BCUT2D eigenvalue weighted by atomic mass is 10.0. The number of anilines is 1. The minimum Gasteiger partial charge on any atom is -0.365 e. The summed E-state index contributed by atoms with van der Waals surface area (Å²) in [6.07, 6.45) is -0.407. The summed E-state index contributed by atoms with van der Waals surface area (Å²) in [6, 6.07) is 6.36. The van der Waals surface area contributed by atoms with Gasteiger partial charge in [0.05, 0.1) is 23.4 Å². The van der Waals surface area contributed by atoms with Crippen LogP contribution in [0, 0.1) is 0 Å². The van der Waals surface area contributed by atoms with Crippen LogP contribution in [0.4, 0.5) is 5.13 Å². The van der Waals surface area contributed by atoms with Crippen LogP contribution in [-0.2, 0) is 9.53 Å². The molecule has 0 bridgehead atoms. The largest absolute Gasteiger partial charge is 0.365 e. The van der Waals surface area contributed by atoms with Crippen LogP contribution in [0.3, 0.4) is 0 Å². The summed E-state index contributed by atoms with van der Waals surface area (Å²) in [6.45, 7) is 6.27. The van der Waals surface area contributed by atoms with Gasteiger partial charge in [-0.3, -0.25) is 4.79 Å². The summed E-state index contributed by atoms with van der Waals surface area (Å²) in [5.41, 5.74) is 2.36. The smallest absolute Gasteiger partial charge is 0.253 e. The van der Waals surface area contributed by atoms with Crippen molar-refractivity contribution in [3.63, 3.8) is 0 Å². The molecular weight excluding hydrogens is 310 g/mol. The average Bonchev–Trinajstić information content (AvgIpc) is 2.98. The molecule has 0 saturated carbocycles. The molecule has 1 aliphatic heterocycles. The Morgan fingerprint density at radius 1 is 1.43 bits per heavy atom. The van der Waals surface area contributed by atoms with E-state index in [9.17, 15) is 4.79 Å². The van der Waals surface area contributed by atoms with E-state index in [4.69, 9.17) is 9.72 Å². The van der Waals surface area contributed by atoms with E-state index in [1.165, 1.54) is 10.3 Å². The zero-order valence-corrected chi connectivity index (χ0v) is 14.9. The van der Waals surface area contributed by atoms with Gasteiger partial charge in [-0.2, -0.15) is 0 Å². The second-order valence-electron chi connectivity index (χ2n) is 6.38. The van der Waals surface area contributed by atoms with Gasteiger partial charge in [0.25, 0.3) is 5.91 Å². The van der Waals surface area contributed by atoms with Crippen molar-refractivity contribution in [1.82, 2.24) is 9.88 Å². The van der Waals surface area contributed by atoms with Gasteiger partial charge in [-0.05, 0) is 17.5 Å². The first-order chi connectivity index (χ1) is 11.0. The number of thiazole rings is 1. The number of hydrogen-bond acceptors (Lipinski definition) is 5. The third-order valence-corrected chi connectivity index (χ3v) is 5.20. The number of aromatic nitrogens is 1. The topological polar surface area (TPSA) is 45.7 Å². The minimum atomic E-state index is -0.407. The average molecular weight is 333 g/mol. The molecule has 2 aromatic rings. The molecule has 1 aromatic carbocycles. The van der Waals surface area contributed by atoms with Crippen molar-refractivity contribution < 1.29 is 9.53 Å². The number of benzene rings is 1. The van der Waals surface area contributed by atoms with Gasteiger partial charge in [-0.25, -0.2) is 4.98 Å². The van der Waals surface area contributed by atoms with Crippen molar-refractivity contribution in [3.05, 3.63) is 23.8 Å². The Hall–Kier alpha value is -1.66. The zero-order chi connectivity index (χ0) is 16.6. The SMILES string of the molecule is CC(C)c1cccc2sc(N3CCOC(C(=O)N(C)C)C3)nc12. The van der Waals surface area contributed by atoms with Gasteiger partial charge in [0.2, 0.25) is 0 Å².